The fraction of sp³-hybridized carbons (Fsp3) is 0.364. The zero-order valence-corrected chi connectivity index (χ0v) is 10.3. The molecular weight excluding hydrogens is 270 g/mol. The number of hydrogen-bond acceptors (Lipinski definition) is 3. The number of nitrogens with zero attached hydrogens (tertiary/aromatic N) is 2. The third kappa shape index (κ3) is 1.65. The van der Waals surface area contributed by atoms with Crippen LogP contribution >= 0.6 is 15.9 Å². The van der Waals surface area contributed by atoms with Gasteiger partial charge < -0.3 is 10.1 Å². The minimum absolute atomic E-state index is 0.0630. The molecule has 0 amide bonds. The van der Waals surface area contributed by atoms with Crippen LogP contribution in [0.15, 0.2) is 29.1 Å². The highest BCUT2D eigenvalue weighted by Crippen LogP contribution is 2.24. The zero-order chi connectivity index (χ0) is 11.0. The topological polar surface area (TPSA) is 38.6 Å². The predicted molar refractivity (Wildman–Crippen MR) is 64.5 cm³/mol. The summed E-state index contributed by atoms with van der Waals surface area (Å²) in [6.45, 7) is 2.50. The van der Waals surface area contributed by atoms with Crippen molar-refractivity contribution in [3.8, 4) is 0 Å². The second-order valence-corrected chi connectivity index (χ2v) is 4.61. The van der Waals surface area contributed by atoms with Crippen molar-refractivity contribution in [2.75, 3.05) is 19.7 Å². The van der Waals surface area contributed by atoms with Crippen molar-refractivity contribution in [2.45, 2.75) is 6.10 Å². The lowest BCUT2D eigenvalue weighted by Crippen LogP contribution is -2.33. The first-order valence-corrected chi connectivity index (χ1v) is 6.09. The molecule has 0 radical (unpaired) electrons. The Morgan fingerprint density at radius 1 is 1.50 bits per heavy atom. The molecule has 0 aromatic carbocycles. The summed E-state index contributed by atoms with van der Waals surface area (Å²) < 4.78 is 8.74. The summed E-state index contributed by atoms with van der Waals surface area (Å²) in [5, 5.41) is 3.32. The largest absolute Gasteiger partial charge is 0.369 e. The molecule has 1 unspecified atom stereocenters. The smallest absolute Gasteiger partial charge is 0.114 e. The van der Waals surface area contributed by atoms with Gasteiger partial charge >= 0.3 is 0 Å². The standard InChI is InChI=1S/C11H12BrN3O/c12-10-3-1-2-8-11(14-7-15(8)10)9-6-13-4-5-16-9/h1-3,7,9,13H,4-6H2. The number of aromatic nitrogens is 2. The van der Waals surface area contributed by atoms with Gasteiger partial charge in [-0.05, 0) is 28.1 Å². The lowest BCUT2D eigenvalue weighted by atomic mass is 10.2. The van der Waals surface area contributed by atoms with E-state index < -0.39 is 0 Å². The Kier molecular flexibility index (Phi) is 2.67. The van der Waals surface area contributed by atoms with Crippen molar-refractivity contribution >= 4 is 21.4 Å². The molecule has 16 heavy (non-hydrogen) atoms. The van der Waals surface area contributed by atoms with Crippen LogP contribution in [0.1, 0.15) is 11.8 Å². The number of halogens is 1. The molecule has 1 fully saturated rings. The molecule has 1 saturated heterocycles. The summed E-state index contributed by atoms with van der Waals surface area (Å²) in [7, 11) is 0. The highest BCUT2D eigenvalue weighted by Gasteiger charge is 2.20. The van der Waals surface area contributed by atoms with Crippen molar-refractivity contribution < 1.29 is 4.74 Å². The van der Waals surface area contributed by atoms with Crippen LogP contribution in [0.25, 0.3) is 5.52 Å². The molecule has 4 nitrogen and oxygen atoms in total. The monoisotopic (exact) mass is 281 g/mol. The van der Waals surface area contributed by atoms with Crippen LogP contribution in [0.3, 0.4) is 0 Å². The molecule has 0 spiro atoms. The van der Waals surface area contributed by atoms with E-state index in [1.165, 1.54) is 0 Å². The Bertz CT molecular complexity index is 505. The first-order chi connectivity index (χ1) is 7.86. The van der Waals surface area contributed by atoms with Crippen molar-refractivity contribution in [3.63, 3.8) is 0 Å². The summed E-state index contributed by atoms with van der Waals surface area (Å²) in [6.07, 6.45) is 1.89. The van der Waals surface area contributed by atoms with E-state index >= 15 is 0 Å². The van der Waals surface area contributed by atoms with Crippen molar-refractivity contribution in [1.29, 1.82) is 0 Å². The average molecular weight is 282 g/mol. The second-order valence-electron chi connectivity index (χ2n) is 3.80. The van der Waals surface area contributed by atoms with Crippen molar-refractivity contribution in [2.24, 2.45) is 0 Å². The molecule has 0 saturated carbocycles. The van der Waals surface area contributed by atoms with Crippen LogP contribution in [0, 0.1) is 0 Å². The van der Waals surface area contributed by atoms with Crippen LogP contribution in [0.5, 0.6) is 0 Å². The Hall–Kier alpha value is -0.910. The van der Waals surface area contributed by atoms with Gasteiger partial charge in [0.2, 0.25) is 0 Å². The van der Waals surface area contributed by atoms with Crippen LogP contribution < -0.4 is 5.32 Å². The third-order valence-electron chi connectivity index (χ3n) is 2.78. The SMILES string of the molecule is Brc1cccc2c(C3CNCCO3)ncn12. The maximum atomic E-state index is 5.72. The van der Waals surface area contributed by atoms with Gasteiger partial charge in [-0.1, -0.05) is 6.07 Å². The minimum Gasteiger partial charge on any atom is -0.369 e. The van der Waals surface area contributed by atoms with Gasteiger partial charge in [-0.3, -0.25) is 4.40 Å². The van der Waals surface area contributed by atoms with E-state index in [2.05, 4.69) is 32.3 Å². The van der Waals surface area contributed by atoms with Gasteiger partial charge in [0.1, 0.15) is 12.4 Å². The first-order valence-electron chi connectivity index (χ1n) is 5.30. The van der Waals surface area contributed by atoms with Crippen LogP contribution in [-0.2, 0) is 4.74 Å². The zero-order valence-electron chi connectivity index (χ0n) is 8.69. The normalized spacial score (nSPS) is 21.4. The van der Waals surface area contributed by atoms with Crippen LogP contribution in [0.4, 0.5) is 0 Å². The molecular formula is C11H12BrN3O. The Morgan fingerprint density at radius 2 is 2.44 bits per heavy atom. The van der Waals surface area contributed by atoms with Gasteiger partial charge in [-0.25, -0.2) is 4.98 Å². The third-order valence-corrected chi connectivity index (χ3v) is 3.43. The van der Waals surface area contributed by atoms with Gasteiger partial charge in [0, 0.05) is 13.1 Å². The number of nitrogens with one attached hydrogen (secondary N) is 1. The van der Waals surface area contributed by atoms with Gasteiger partial charge in [0.05, 0.1) is 22.4 Å². The van der Waals surface area contributed by atoms with Crippen LogP contribution in [0.2, 0.25) is 0 Å². The highest BCUT2D eigenvalue weighted by atomic mass is 79.9. The fourth-order valence-electron chi connectivity index (χ4n) is 2.00. The molecule has 2 aromatic heterocycles. The first kappa shape index (κ1) is 10.3. The summed E-state index contributed by atoms with van der Waals surface area (Å²) in [6, 6.07) is 6.07. The molecule has 1 atom stereocenters. The second kappa shape index (κ2) is 4.16. The highest BCUT2D eigenvalue weighted by molar-refractivity contribution is 9.10. The lowest BCUT2D eigenvalue weighted by molar-refractivity contribution is 0.0262. The van der Waals surface area contributed by atoms with E-state index in [1.807, 2.05) is 22.9 Å². The molecule has 84 valence electrons. The molecule has 3 heterocycles. The van der Waals surface area contributed by atoms with Gasteiger partial charge in [-0.15, -0.1) is 0 Å². The number of ether oxygens (including phenoxy) is 1. The van der Waals surface area contributed by atoms with E-state index in [4.69, 9.17) is 4.74 Å². The fourth-order valence-corrected chi connectivity index (χ4v) is 2.43. The molecule has 5 heteroatoms. The maximum absolute atomic E-state index is 5.72. The van der Waals surface area contributed by atoms with Gasteiger partial charge in [-0.2, -0.15) is 0 Å². The molecule has 1 aliphatic heterocycles. The van der Waals surface area contributed by atoms with Crippen molar-refractivity contribution in [1.82, 2.24) is 14.7 Å². The summed E-state index contributed by atoms with van der Waals surface area (Å²) in [4.78, 5) is 4.45. The van der Waals surface area contributed by atoms with E-state index in [9.17, 15) is 0 Å². The number of hydrogen-bond donors (Lipinski definition) is 1. The Balaban J connectivity index is 2.06. The molecule has 0 bridgehead atoms. The van der Waals surface area contributed by atoms with Gasteiger partial charge in [0.25, 0.3) is 0 Å². The lowest BCUT2D eigenvalue weighted by Gasteiger charge is -2.22. The van der Waals surface area contributed by atoms with Crippen LogP contribution in [-0.4, -0.2) is 29.1 Å². The quantitative estimate of drug-likeness (QED) is 0.810. The average Bonchev–Trinajstić information content (AvgIpc) is 2.75. The number of pyridine rings is 1. The van der Waals surface area contributed by atoms with Gasteiger partial charge in [0.15, 0.2) is 0 Å². The van der Waals surface area contributed by atoms with E-state index in [0.717, 1.165) is 35.5 Å². The van der Waals surface area contributed by atoms with E-state index in [-0.39, 0.29) is 6.10 Å². The number of rotatable bonds is 1. The maximum Gasteiger partial charge on any atom is 0.114 e. The molecule has 2 aromatic rings. The predicted octanol–water partition coefficient (Wildman–Crippen LogP) is 1.76. The number of imidazole rings is 1. The number of morpholine rings is 1. The van der Waals surface area contributed by atoms with E-state index in [1.54, 1.807) is 0 Å². The molecule has 1 aliphatic rings. The molecule has 1 N–H and O–H groups in total. The minimum atomic E-state index is 0.0630. The Morgan fingerprint density at radius 3 is 3.25 bits per heavy atom. The molecule has 0 aliphatic carbocycles. The summed E-state index contributed by atoms with van der Waals surface area (Å²) >= 11 is 3.50. The van der Waals surface area contributed by atoms with Crippen molar-refractivity contribution in [3.05, 3.63) is 34.8 Å². The number of fused-ring (bicyclic) bond motifs is 1. The summed E-state index contributed by atoms with van der Waals surface area (Å²) in [5.74, 6) is 0. The summed E-state index contributed by atoms with van der Waals surface area (Å²) in [5.41, 5.74) is 2.11. The van der Waals surface area contributed by atoms with E-state index in [0.29, 0.717) is 0 Å². The Labute approximate surface area is 102 Å². The molecule has 3 rings (SSSR count).